The Morgan fingerprint density at radius 2 is 1.95 bits per heavy atom. The van der Waals surface area contributed by atoms with Gasteiger partial charge in [0.05, 0.1) is 6.61 Å². The topological polar surface area (TPSA) is 66.5 Å². The minimum absolute atomic E-state index is 0.153. The van der Waals surface area contributed by atoms with Crippen molar-refractivity contribution in [1.82, 2.24) is 0 Å². The summed E-state index contributed by atoms with van der Waals surface area (Å²) in [5.41, 5.74) is 2.42. The second-order valence-corrected chi connectivity index (χ2v) is 5.00. The van der Waals surface area contributed by atoms with Crippen LogP contribution in [0.25, 0.3) is 11.0 Å². The summed E-state index contributed by atoms with van der Waals surface area (Å²) < 4.78 is 10.6. The highest BCUT2D eigenvalue weighted by Gasteiger charge is 2.18. The third kappa shape index (κ3) is 2.84. The fourth-order valence-electron chi connectivity index (χ4n) is 2.61. The summed E-state index contributed by atoms with van der Waals surface area (Å²) in [4.78, 5) is 14.2. The molecule has 0 aliphatic heterocycles. The zero-order valence-corrected chi connectivity index (χ0v) is 13.5. The number of nitrogens with one attached hydrogen (secondary N) is 1. The third-order valence-electron chi connectivity index (χ3n) is 3.79. The van der Waals surface area contributed by atoms with Crippen molar-refractivity contribution in [2.45, 2.75) is 27.7 Å². The Morgan fingerprint density at radius 3 is 2.55 bits per heavy atom. The van der Waals surface area contributed by atoms with Gasteiger partial charge in [-0.05, 0) is 45.4 Å². The van der Waals surface area contributed by atoms with E-state index >= 15 is 0 Å². The number of nitrogens with zero attached hydrogens (tertiary/aromatic N) is 1. The summed E-state index contributed by atoms with van der Waals surface area (Å²) in [7, 11) is 0. The largest absolute Gasteiger partial charge is 0.462 e. The molecule has 5 heteroatoms. The number of hydrogen-bond acceptors (Lipinski definition) is 5. The predicted octanol–water partition coefficient (Wildman–Crippen LogP) is 3.24. The van der Waals surface area contributed by atoms with Gasteiger partial charge in [0.25, 0.3) is 0 Å². The number of anilines is 1. The number of aryl methyl sites for hydroxylation is 1. The number of carbonyl (C=O) groups excluding carboxylic acids is 1. The monoisotopic (exact) mass is 302 g/mol. The molecule has 1 heterocycles. The van der Waals surface area contributed by atoms with Gasteiger partial charge in [-0.3, -0.25) is 5.41 Å². The Morgan fingerprint density at radius 1 is 1.27 bits per heavy atom. The molecule has 5 nitrogen and oxygen atoms in total. The van der Waals surface area contributed by atoms with Crippen molar-refractivity contribution in [3.8, 4) is 0 Å². The average molecular weight is 302 g/mol. The van der Waals surface area contributed by atoms with Gasteiger partial charge in [0.2, 0.25) is 5.55 Å². The van der Waals surface area contributed by atoms with Gasteiger partial charge in [0, 0.05) is 30.2 Å². The molecule has 1 aromatic heterocycles. The highest BCUT2D eigenvalue weighted by atomic mass is 16.5. The van der Waals surface area contributed by atoms with Crippen molar-refractivity contribution in [3.63, 3.8) is 0 Å². The Labute approximate surface area is 130 Å². The van der Waals surface area contributed by atoms with E-state index in [1.165, 1.54) is 0 Å². The molecule has 0 fully saturated rings. The second kappa shape index (κ2) is 6.64. The molecule has 0 spiro atoms. The summed E-state index contributed by atoms with van der Waals surface area (Å²) in [5.74, 6) is -0.511. The number of ether oxygens (including phenoxy) is 1. The highest BCUT2D eigenvalue weighted by molar-refractivity contribution is 5.96. The fraction of sp³-hybridized carbons (Fsp3) is 0.412. The molecule has 118 valence electrons. The predicted molar refractivity (Wildman–Crippen MR) is 86.3 cm³/mol. The summed E-state index contributed by atoms with van der Waals surface area (Å²) in [6.07, 6.45) is 0. The number of esters is 1. The molecular weight excluding hydrogens is 280 g/mol. The van der Waals surface area contributed by atoms with Crippen molar-refractivity contribution in [2.24, 2.45) is 0 Å². The van der Waals surface area contributed by atoms with Crippen LogP contribution in [0.3, 0.4) is 0 Å². The van der Waals surface area contributed by atoms with E-state index in [0.29, 0.717) is 5.58 Å². The SMILES string of the molecule is CCOC(=O)c1c(C)c2ccc(N(CC)CC)cc2oc1=N. The summed E-state index contributed by atoms with van der Waals surface area (Å²) in [6, 6.07) is 5.86. The number of carbonyl (C=O) groups is 1. The lowest BCUT2D eigenvalue weighted by Gasteiger charge is -2.21. The molecule has 0 saturated heterocycles. The molecule has 0 unspecified atom stereocenters. The fourth-order valence-corrected chi connectivity index (χ4v) is 2.61. The van der Waals surface area contributed by atoms with E-state index < -0.39 is 5.97 Å². The van der Waals surface area contributed by atoms with Crippen LogP contribution in [0, 0.1) is 12.3 Å². The van der Waals surface area contributed by atoms with Crippen LogP contribution in [0.15, 0.2) is 22.6 Å². The lowest BCUT2D eigenvalue weighted by Crippen LogP contribution is -2.22. The van der Waals surface area contributed by atoms with Crippen LogP contribution >= 0.6 is 0 Å². The minimum atomic E-state index is -0.511. The molecule has 0 bridgehead atoms. The average Bonchev–Trinajstić information content (AvgIpc) is 2.48. The van der Waals surface area contributed by atoms with E-state index in [2.05, 4.69) is 18.7 Å². The van der Waals surface area contributed by atoms with E-state index in [0.717, 1.165) is 29.7 Å². The molecular formula is C17H22N2O3. The number of fused-ring (bicyclic) bond motifs is 1. The lowest BCUT2D eigenvalue weighted by molar-refractivity contribution is 0.0520. The van der Waals surface area contributed by atoms with Crippen LogP contribution in [-0.2, 0) is 4.74 Å². The molecule has 2 rings (SSSR count). The molecule has 2 aromatic rings. The summed E-state index contributed by atoms with van der Waals surface area (Å²) >= 11 is 0. The Balaban J connectivity index is 2.61. The van der Waals surface area contributed by atoms with E-state index in [4.69, 9.17) is 14.6 Å². The Bertz CT molecular complexity index is 745. The van der Waals surface area contributed by atoms with Gasteiger partial charge >= 0.3 is 5.97 Å². The van der Waals surface area contributed by atoms with E-state index in [9.17, 15) is 4.79 Å². The summed E-state index contributed by atoms with van der Waals surface area (Å²) in [6.45, 7) is 9.82. The maximum atomic E-state index is 12.0. The first-order chi connectivity index (χ1) is 10.5. The molecule has 0 aliphatic rings. The standard InChI is InChI=1S/C17H22N2O3/c1-5-19(6-2)12-8-9-13-11(4)15(17(20)21-7-3)16(18)22-14(13)10-12/h8-10,18H,5-7H2,1-4H3. The van der Waals surface area contributed by atoms with Crippen LogP contribution in [0.1, 0.15) is 36.7 Å². The van der Waals surface area contributed by atoms with Gasteiger partial charge in [-0.2, -0.15) is 0 Å². The maximum absolute atomic E-state index is 12.0. The quantitative estimate of drug-likeness (QED) is 0.861. The molecule has 0 atom stereocenters. The van der Waals surface area contributed by atoms with Gasteiger partial charge < -0.3 is 14.1 Å². The van der Waals surface area contributed by atoms with Crippen LogP contribution in [0.4, 0.5) is 5.69 Å². The van der Waals surface area contributed by atoms with Crippen molar-refractivity contribution in [3.05, 3.63) is 34.9 Å². The van der Waals surface area contributed by atoms with Crippen molar-refractivity contribution >= 4 is 22.6 Å². The zero-order valence-electron chi connectivity index (χ0n) is 13.5. The molecule has 0 radical (unpaired) electrons. The first-order valence-electron chi connectivity index (χ1n) is 7.57. The van der Waals surface area contributed by atoms with Crippen molar-refractivity contribution < 1.29 is 13.9 Å². The summed E-state index contributed by atoms with van der Waals surface area (Å²) in [5, 5.41) is 8.82. The van der Waals surface area contributed by atoms with Crippen LogP contribution in [-0.4, -0.2) is 25.7 Å². The van der Waals surface area contributed by atoms with E-state index in [-0.39, 0.29) is 17.7 Å². The van der Waals surface area contributed by atoms with Crippen LogP contribution < -0.4 is 10.5 Å². The molecule has 1 N–H and O–H groups in total. The van der Waals surface area contributed by atoms with Crippen LogP contribution in [0.5, 0.6) is 0 Å². The number of rotatable bonds is 5. The smallest absolute Gasteiger partial charge is 0.343 e. The first kappa shape index (κ1) is 16.1. The van der Waals surface area contributed by atoms with Crippen LogP contribution in [0.2, 0.25) is 0 Å². The lowest BCUT2D eigenvalue weighted by atomic mass is 10.1. The van der Waals surface area contributed by atoms with Gasteiger partial charge in [0.15, 0.2) is 0 Å². The maximum Gasteiger partial charge on any atom is 0.343 e. The number of benzene rings is 1. The molecule has 0 saturated carbocycles. The Hall–Kier alpha value is -2.30. The van der Waals surface area contributed by atoms with E-state index in [1.54, 1.807) is 6.92 Å². The zero-order chi connectivity index (χ0) is 16.3. The van der Waals surface area contributed by atoms with Crippen molar-refractivity contribution in [2.75, 3.05) is 24.6 Å². The van der Waals surface area contributed by atoms with Crippen molar-refractivity contribution in [1.29, 1.82) is 5.41 Å². The van der Waals surface area contributed by atoms with Gasteiger partial charge in [-0.1, -0.05) is 0 Å². The van der Waals surface area contributed by atoms with Gasteiger partial charge in [0.1, 0.15) is 11.1 Å². The highest BCUT2D eigenvalue weighted by Crippen LogP contribution is 2.25. The minimum Gasteiger partial charge on any atom is -0.462 e. The third-order valence-corrected chi connectivity index (χ3v) is 3.79. The normalized spacial score (nSPS) is 10.7. The molecule has 0 aliphatic carbocycles. The molecule has 22 heavy (non-hydrogen) atoms. The molecule has 1 aromatic carbocycles. The first-order valence-corrected chi connectivity index (χ1v) is 7.57. The van der Waals surface area contributed by atoms with Gasteiger partial charge in [-0.15, -0.1) is 0 Å². The second-order valence-electron chi connectivity index (χ2n) is 5.00. The van der Waals surface area contributed by atoms with Gasteiger partial charge in [-0.25, -0.2) is 4.79 Å². The van der Waals surface area contributed by atoms with E-state index in [1.807, 2.05) is 25.1 Å². The number of hydrogen-bond donors (Lipinski definition) is 1. The molecule has 0 amide bonds. The Kier molecular flexibility index (Phi) is 4.85.